The molecule has 0 bridgehead atoms. The molecular formula is C30H37ClN4O5S. The summed E-state index contributed by atoms with van der Waals surface area (Å²) in [5.41, 5.74) is 2.66. The lowest BCUT2D eigenvalue weighted by atomic mass is 9.87. The van der Waals surface area contributed by atoms with E-state index in [0.717, 1.165) is 16.8 Å². The second-order valence-corrected chi connectivity index (χ2v) is 12.2. The van der Waals surface area contributed by atoms with E-state index in [1.807, 2.05) is 36.4 Å². The molecule has 2 amide bonds. The van der Waals surface area contributed by atoms with Gasteiger partial charge in [-0.1, -0.05) is 44.5 Å². The molecule has 1 aliphatic rings. The first-order chi connectivity index (χ1) is 19.6. The number of para-hydroxylation sites is 1. The minimum Gasteiger partial charge on any atom is -0.497 e. The summed E-state index contributed by atoms with van der Waals surface area (Å²) in [6.45, 7) is 7.05. The Bertz CT molecular complexity index is 1400. The highest BCUT2D eigenvalue weighted by Gasteiger charge is 2.41. The van der Waals surface area contributed by atoms with Crippen LogP contribution in [-0.4, -0.2) is 68.4 Å². The molecule has 41 heavy (non-hydrogen) atoms. The zero-order chi connectivity index (χ0) is 29.7. The number of nitrogens with one attached hydrogen (secondary N) is 1. The monoisotopic (exact) mass is 600 g/mol. The molecule has 0 unspecified atom stereocenters. The number of hydrogen-bond donors (Lipinski definition) is 1. The molecule has 220 valence electrons. The first-order valence-corrected chi connectivity index (χ1v) is 14.8. The minimum absolute atomic E-state index is 0.142. The number of amides is 2. The molecule has 0 aliphatic carbocycles. The van der Waals surface area contributed by atoms with Gasteiger partial charge in [-0.25, -0.2) is 4.68 Å². The molecule has 4 rings (SSSR count). The molecule has 2 heterocycles. The lowest BCUT2D eigenvalue weighted by molar-refractivity contribution is -0.122. The van der Waals surface area contributed by atoms with Crippen molar-refractivity contribution in [3.8, 4) is 17.2 Å². The smallest absolute Gasteiger partial charge is 0.240 e. The summed E-state index contributed by atoms with van der Waals surface area (Å²) in [5.74, 6) is 1.51. The molecule has 11 heteroatoms. The average molecular weight is 601 g/mol. The minimum atomic E-state index is -0.414. The number of halogens is 1. The number of fused-ring (bicyclic) bond motifs is 1. The Balaban J connectivity index is 1.97. The van der Waals surface area contributed by atoms with Crippen LogP contribution >= 0.6 is 23.4 Å². The average Bonchev–Trinajstić information content (AvgIpc) is 3.28. The normalized spacial score (nSPS) is 15.3. The number of anilines is 1. The summed E-state index contributed by atoms with van der Waals surface area (Å²) >= 11 is 8.17. The predicted molar refractivity (Wildman–Crippen MR) is 163 cm³/mol. The van der Waals surface area contributed by atoms with Gasteiger partial charge < -0.3 is 19.5 Å². The van der Waals surface area contributed by atoms with E-state index >= 15 is 0 Å². The quantitative estimate of drug-likeness (QED) is 0.321. The number of benzene rings is 2. The Hall–Kier alpha value is -3.21. The van der Waals surface area contributed by atoms with Gasteiger partial charge in [0.1, 0.15) is 23.9 Å². The van der Waals surface area contributed by atoms with Crippen LogP contribution in [0.15, 0.2) is 42.5 Å². The van der Waals surface area contributed by atoms with Gasteiger partial charge in [0.25, 0.3) is 0 Å². The summed E-state index contributed by atoms with van der Waals surface area (Å²) in [4.78, 5) is 28.5. The number of nitrogens with zero attached hydrogens (tertiary/aromatic N) is 3. The Morgan fingerprint density at radius 1 is 1.15 bits per heavy atom. The fourth-order valence-electron chi connectivity index (χ4n) is 4.80. The van der Waals surface area contributed by atoms with Gasteiger partial charge in [-0.2, -0.15) is 5.10 Å². The molecule has 0 saturated heterocycles. The predicted octanol–water partition coefficient (Wildman–Crippen LogP) is 5.16. The third-order valence-electron chi connectivity index (χ3n) is 6.75. The van der Waals surface area contributed by atoms with E-state index in [0.29, 0.717) is 47.6 Å². The van der Waals surface area contributed by atoms with Crippen molar-refractivity contribution < 1.29 is 23.8 Å². The van der Waals surface area contributed by atoms with Gasteiger partial charge in [-0.05, 0) is 36.8 Å². The molecule has 1 atom stereocenters. The van der Waals surface area contributed by atoms with Crippen molar-refractivity contribution in [3.63, 3.8) is 0 Å². The van der Waals surface area contributed by atoms with Crippen LogP contribution in [0.25, 0.3) is 5.69 Å². The van der Waals surface area contributed by atoms with Gasteiger partial charge in [0.15, 0.2) is 0 Å². The lowest BCUT2D eigenvalue weighted by Gasteiger charge is -2.25. The van der Waals surface area contributed by atoms with Crippen LogP contribution in [-0.2, 0) is 19.7 Å². The molecule has 9 nitrogen and oxygen atoms in total. The highest BCUT2D eigenvalue weighted by atomic mass is 35.5. The van der Waals surface area contributed by atoms with Gasteiger partial charge in [-0.3, -0.25) is 14.5 Å². The molecule has 1 aromatic heterocycles. The van der Waals surface area contributed by atoms with Crippen LogP contribution in [0, 0.1) is 0 Å². The fourth-order valence-corrected chi connectivity index (χ4v) is 6.23. The maximum Gasteiger partial charge on any atom is 0.240 e. The van der Waals surface area contributed by atoms with Crippen molar-refractivity contribution in [3.05, 3.63) is 64.3 Å². The maximum atomic E-state index is 13.8. The number of thioether (sulfide) groups is 1. The van der Waals surface area contributed by atoms with Crippen molar-refractivity contribution in [2.45, 2.75) is 37.9 Å². The van der Waals surface area contributed by atoms with E-state index in [4.69, 9.17) is 30.9 Å². The molecule has 0 radical (unpaired) electrons. The van der Waals surface area contributed by atoms with Gasteiger partial charge >= 0.3 is 0 Å². The molecule has 1 aliphatic heterocycles. The van der Waals surface area contributed by atoms with E-state index in [1.165, 1.54) is 16.7 Å². The SMILES string of the molecule is COCCCNC(=O)CN1C(=O)CS[C@H](c2cc(OC)ccc2OC)c2c(C(C)(C)C)nn(-c3ccccc3Cl)c21. The molecule has 0 fully saturated rings. The summed E-state index contributed by atoms with van der Waals surface area (Å²) in [6.07, 6.45) is 0.667. The van der Waals surface area contributed by atoms with E-state index in [-0.39, 0.29) is 29.4 Å². The van der Waals surface area contributed by atoms with Crippen LogP contribution in [0.1, 0.15) is 49.3 Å². The van der Waals surface area contributed by atoms with Crippen molar-refractivity contribution in [2.24, 2.45) is 0 Å². The topological polar surface area (TPSA) is 94.9 Å². The number of methoxy groups -OCH3 is 3. The number of carbonyl (C=O) groups excluding carboxylic acids is 2. The zero-order valence-corrected chi connectivity index (χ0v) is 25.9. The molecule has 0 saturated carbocycles. The Labute approximate surface area is 250 Å². The van der Waals surface area contributed by atoms with Crippen molar-refractivity contribution in [1.82, 2.24) is 15.1 Å². The Morgan fingerprint density at radius 2 is 1.90 bits per heavy atom. The molecule has 0 spiro atoms. The van der Waals surface area contributed by atoms with Crippen LogP contribution in [0.4, 0.5) is 5.82 Å². The third-order valence-corrected chi connectivity index (χ3v) is 8.30. The Kier molecular flexibility index (Phi) is 9.88. The highest BCUT2D eigenvalue weighted by Crippen LogP contribution is 2.51. The number of aromatic nitrogens is 2. The van der Waals surface area contributed by atoms with Gasteiger partial charge in [-0.15, -0.1) is 11.8 Å². The molecular weight excluding hydrogens is 564 g/mol. The number of rotatable bonds is 10. The first-order valence-electron chi connectivity index (χ1n) is 13.4. The number of ether oxygens (including phenoxy) is 3. The van der Waals surface area contributed by atoms with Crippen molar-refractivity contribution in [2.75, 3.05) is 51.7 Å². The maximum absolute atomic E-state index is 13.8. The van der Waals surface area contributed by atoms with E-state index in [9.17, 15) is 9.59 Å². The van der Waals surface area contributed by atoms with E-state index < -0.39 is 5.41 Å². The van der Waals surface area contributed by atoms with E-state index in [1.54, 1.807) is 32.1 Å². The first kappa shape index (κ1) is 30.7. The molecule has 1 N–H and O–H groups in total. The second kappa shape index (κ2) is 13.2. The summed E-state index contributed by atoms with van der Waals surface area (Å²) in [6, 6.07) is 13.0. The largest absolute Gasteiger partial charge is 0.497 e. The summed E-state index contributed by atoms with van der Waals surface area (Å²) < 4.78 is 18.1. The second-order valence-electron chi connectivity index (χ2n) is 10.7. The Morgan fingerprint density at radius 3 is 2.56 bits per heavy atom. The van der Waals surface area contributed by atoms with Crippen LogP contribution in [0.5, 0.6) is 11.5 Å². The molecule has 3 aromatic rings. The van der Waals surface area contributed by atoms with E-state index in [2.05, 4.69) is 26.1 Å². The van der Waals surface area contributed by atoms with Crippen LogP contribution in [0.3, 0.4) is 0 Å². The van der Waals surface area contributed by atoms with Crippen LogP contribution in [0.2, 0.25) is 5.02 Å². The van der Waals surface area contributed by atoms with Crippen molar-refractivity contribution >= 4 is 41.0 Å². The summed E-state index contributed by atoms with van der Waals surface area (Å²) in [5, 5.41) is 8.13. The zero-order valence-electron chi connectivity index (χ0n) is 24.3. The highest BCUT2D eigenvalue weighted by molar-refractivity contribution is 8.00. The van der Waals surface area contributed by atoms with Gasteiger partial charge in [0.2, 0.25) is 11.8 Å². The lowest BCUT2D eigenvalue weighted by Crippen LogP contribution is -2.42. The number of hydrogen-bond acceptors (Lipinski definition) is 7. The van der Waals surface area contributed by atoms with Crippen molar-refractivity contribution in [1.29, 1.82) is 0 Å². The van der Waals surface area contributed by atoms with Gasteiger partial charge in [0.05, 0.1) is 41.6 Å². The molecule has 2 aromatic carbocycles. The van der Waals surface area contributed by atoms with Gasteiger partial charge in [0, 0.05) is 36.8 Å². The number of carbonyl (C=O) groups is 2. The summed E-state index contributed by atoms with van der Waals surface area (Å²) in [7, 11) is 4.86. The van der Waals surface area contributed by atoms with Crippen LogP contribution < -0.4 is 19.7 Å². The standard InChI is InChI=1S/C30H37ClN4O5S/c1-30(2,3)28-26-27(20-16-19(39-5)12-13-23(20)40-6)41-18-25(37)34(17-24(36)32-14-9-15-38-4)29(26)35(33-28)22-11-8-7-10-21(22)31/h7-8,10-13,16,27H,9,14-15,17-18H2,1-6H3,(H,32,36)/t27-/m1/s1. The fraction of sp³-hybridized carbons (Fsp3) is 0.433. The third kappa shape index (κ3) is 6.66.